The van der Waals surface area contributed by atoms with Gasteiger partial charge in [-0.05, 0) is 24.3 Å². The number of aromatic nitrogens is 2. The fourth-order valence-electron chi connectivity index (χ4n) is 1.67. The molecule has 20 heavy (non-hydrogen) atoms. The zero-order valence-electron chi connectivity index (χ0n) is 11.2. The highest BCUT2D eigenvalue weighted by Crippen LogP contribution is 2.17. The third-order valence-corrected chi connectivity index (χ3v) is 3.02. The van der Waals surface area contributed by atoms with E-state index in [4.69, 9.17) is 16.3 Å². The molecule has 1 heterocycles. The second kappa shape index (κ2) is 6.96. The normalized spacial score (nSPS) is 10.3. The van der Waals surface area contributed by atoms with Gasteiger partial charge in [0.2, 0.25) is 5.91 Å². The van der Waals surface area contributed by atoms with Crippen molar-refractivity contribution in [3.05, 3.63) is 47.2 Å². The van der Waals surface area contributed by atoms with Gasteiger partial charge in [-0.1, -0.05) is 17.7 Å². The highest BCUT2D eigenvalue weighted by molar-refractivity contribution is 6.30. The third-order valence-electron chi connectivity index (χ3n) is 2.78. The molecule has 106 valence electrons. The van der Waals surface area contributed by atoms with E-state index in [0.717, 1.165) is 5.69 Å². The zero-order valence-corrected chi connectivity index (χ0v) is 11.9. The largest absolute Gasteiger partial charge is 0.493 e. The first kappa shape index (κ1) is 14.4. The SMILES string of the molecule is Cn1nccc1CNC(=O)CCOc1cccc(Cl)c1. The number of hydrogen-bond donors (Lipinski definition) is 1. The summed E-state index contributed by atoms with van der Waals surface area (Å²) in [4.78, 5) is 11.7. The first-order valence-corrected chi connectivity index (χ1v) is 6.65. The van der Waals surface area contributed by atoms with Crippen LogP contribution in [0.25, 0.3) is 0 Å². The molecule has 1 amide bonds. The zero-order chi connectivity index (χ0) is 14.4. The van der Waals surface area contributed by atoms with Gasteiger partial charge in [0.1, 0.15) is 5.75 Å². The monoisotopic (exact) mass is 293 g/mol. The lowest BCUT2D eigenvalue weighted by Gasteiger charge is -2.07. The summed E-state index contributed by atoms with van der Waals surface area (Å²) in [7, 11) is 1.84. The summed E-state index contributed by atoms with van der Waals surface area (Å²) in [5.74, 6) is 0.602. The van der Waals surface area contributed by atoms with E-state index in [-0.39, 0.29) is 5.91 Å². The molecule has 6 heteroatoms. The van der Waals surface area contributed by atoms with Crippen molar-refractivity contribution < 1.29 is 9.53 Å². The van der Waals surface area contributed by atoms with Crippen molar-refractivity contribution >= 4 is 17.5 Å². The molecular weight excluding hydrogens is 278 g/mol. The summed E-state index contributed by atoms with van der Waals surface area (Å²) in [5.41, 5.74) is 0.953. The average Bonchev–Trinajstić information content (AvgIpc) is 2.82. The van der Waals surface area contributed by atoms with Gasteiger partial charge in [-0.3, -0.25) is 9.48 Å². The molecule has 0 radical (unpaired) electrons. The summed E-state index contributed by atoms with van der Waals surface area (Å²) in [5, 5.41) is 7.46. The molecule has 0 aliphatic heterocycles. The van der Waals surface area contributed by atoms with Crippen LogP contribution in [-0.2, 0) is 18.4 Å². The molecule has 0 saturated heterocycles. The van der Waals surface area contributed by atoms with Crippen molar-refractivity contribution in [3.8, 4) is 5.75 Å². The van der Waals surface area contributed by atoms with Crippen LogP contribution in [0.2, 0.25) is 5.02 Å². The second-order valence-corrected chi connectivity index (χ2v) is 4.72. The van der Waals surface area contributed by atoms with Gasteiger partial charge in [0.05, 0.1) is 25.3 Å². The van der Waals surface area contributed by atoms with Crippen molar-refractivity contribution in [2.24, 2.45) is 7.05 Å². The molecule has 0 atom stereocenters. The third kappa shape index (κ3) is 4.28. The van der Waals surface area contributed by atoms with E-state index in [1.54, 1.807) is 35.1 Å². The Balaban J connectivity index is 1.69. The van der Waals surface area contributed by atoms with E-state index in [1.807, 2.05) is 13.1 Å². The Kier molecular flexibility index (Phi) is 5.01. The van der Waals surface area contributed by atoms with E-state index < -0.39 is 0 Å². The predicted octanol–water partition coefficient (Wildman–Crippen LogP) is 2.16. The van der Waals surface area contributed by atoms with E-state index >= 15 is 0 Å². The lowest BCUT2D eigenvalue weighted by Crippen LogP contribution is -2.25. The number of benzene rings is 1. The minimum absolute atomic E-state index is 0.0618. The lowest BCUT2D eigenvalue weighted by atomic mass is 10.3. The number of ether oxygens (including phenoxy) is 1. The summed E-state index contributed by atoms with van der Waals surface area (Å²) in [6, 6.07) is 8.96. The number of carbonyl (C=O) groups excluding carboxylic acids is 1. The van der Waals surface area contributed by atoms with Crippen LogP contribution in [0.4, 0.5) is 0 Å². The van der Waals surface area contributed by atoms with Crippen molar-refractivity contribution in [1.29, 1.82) is 0 Å². The molecule has 2 rings (SSSR count). The Morgan fingerprint density at radius 3 is 3.00 bits per heavy atom. The van der Waals surface area contributed by atoms with Crippen LogP contribution in [-0.4, -0.2) is 22.3 Å². The van der Waals surface area contributed by atoms with Gasteiger partial charge in [-0.2, -0.15) is 5.10 Å². The maximum atomic E-state index is 11.7. The van der Waals surface area contributed by atoms with Crippen molar-refractivity contribution in [2.45, 2.75) is 13.0 Å². The summed E-state index contributed by atoms with van der Waals surface area (Å²) in [6.07, 6.45) is 1.99. The molecule has 1 N–H and O–H groups in total. The Morgan fingerprint density at radius 1 is 1.45 bits per heavy atom. The van der Waals surface area contributed by atoms with Crippen LogP contribution < -0.4 is 10.1 Å². The number of halogens is 1. The highest BCUT2D eigenvalue weighted by Gasteiger charge is 2.04. The minimum atomic E-state index is -0.0618. The van der Waals surface area contributed by atoms with Gasteiger partial charge >= 0.3 is 0 Å². The minimum Gasteiger partial charge on any atom is -0.493 e. The smallest absolute Gasteiger partial charge is 0.223 e. The molecule has 0 unspecified atom stereocenters. The summed E-state index contributed by atoms with van der Waals surface area (Å²) < 4.78 is 7.18. The van der Waals surface area contributed by atoms with Crippen LogP contribution in [0.1, 0.15) is 12.1 Å². The predicted molar refractivity (Wildman–Crippen MR) is 76.6 cm³/mol. The van der Waals surface area contributed by atoms with E-state index in [1.165, 1.54) is 0 Å². The maximum Gasteiger partial charge on any atom is 0.223 e. The Labute approximate surface area is 122 Å². The fourth-order valence-corrected chi connectivity index (χ4v) is 1.85. The molecule has 0 saturated carbocycles. The summed E-state index contributed by atoms with van der Waals surface area (Å²) >= 11 is 5.84. The summed E-state index contributed by atoms with van der Waals surface area (Å²) in [6.45, 7) is 0.782. The number of hydrogen-bond acceptors (Lipinski definition) is 3. The van der Waals surface area contributed by atoms with Crippen molar-refractivity contribution in [1.82, 2.24) is 15.1 Å². The Hall–Kier alpha value is -2.01. The molecule has 1 aromatic heterocycles. The first-order chi connectivity index (χ1) is 9.65. The number of nitrogens with one attached hydrogen (secondary N) is 1. The lowest BCUT2D eigenvalue weighted by molar-refractivity contribution is -0.121. The maximum absolute atomic E-state index is 11.7. The molecule has 0 fully saturated rings. The Bertz CT molecular complexity index is 583. The molecule has 0 aliphatic rings. The quantitative estimate of drug-likeness (QED) is 0.888. The number of nitrogens with zero attached hydrogens (tertiary/aromatic N) is 2. The molecule has 0 bridgehead atoms. The van der Waals surface area contributed by atoms with Gasteiger partial charge in [-0.15, -0.1) is 0 Å². The van der Waals surface area contributed by atoms with Crippen molar-refractivity contribution in [2.75, 3.05) is 6.61 Å². The Morgan fingerprint density at radius 2 is 2.30 bits per heavy atom. The van der Waals surface area contributed by atoms with Gasteiger partial charge in [-0.25, -0.2) is 0 Å². The highest BCUT2D eigenvalue weighted by atomic mass is 35.5. The number of rotatable bonds is 6. The van der Waals surface area contributed by atoms with E-state index in [2.05, 4.69) is 10.4 Å². The van der Waals surface area contributed by atoms with Crippen LogP contribution in [0.5, 0.6) is 5.75 Å². The standard InChI is InChI=1S/C14H16ClN3O2/c1-18-12(5-7-17-18)10-16-14(19)6-8-20-13-4-2-3-11(15)9-13/h2-5,7,9H,6,8,10H2,1H3,(H,16,19). The van der Waals surface area contributed by atoms with Gasteiger partial charge in [0.15, 0.2) is 0 Å². The fraction of sp³-hybridized carbons (Fsp3) is 0.286. The van der Waals surface area contributed by atoms with Crippen molar-refractivity contribution in [3.63, 3.8) is 0 Å². The van der Waals surface area contributed by atoms with E-state index in [0.29, 0.717) is 30.3 Å². The first-order valence-electron chi connectivity index (χ1n) is 6.27. The molecule has 5 nitrogen and oxygen atoms in total. The molecule has 0 spiro atoms. The van der Waals surface area contributed by atoms with Gasteiger partial charge in [0, 0.05) is 18.3 Å². The number of amides is 1. The van der Waals surface area contributed by atoms with Gasteiger partial charge < -0.3 is 10.1 Å². The van der Waals surface area contributed by atoms with Gasteiger partial charge in [0.25, 0.3) is 0 Å². The average molecular weight is 294 g/mol. The van der Waals surface area contributed by atoms with E-state index in [9.17, 15) is 4.79 Å². The van der Waals surface area contributed by atoms with Crippen LogP contribution in [0, 0.1) is 0 Å². The van der Waals surface area contributed by atoms with Crippen LogP contribution >= 0.6 is 11.6 Å². The molecule has 0 aliphatic carbocycles. The molecular formula is C14H16ClN3O2. The number of carbonyl (C=O) groups is 1. The topological polar surface area (TPSA) is 56.2 Å². The molecule has 2 aromatic rings. The second-order valence-electron chi connectivity index (χ2n) is 4.28. The van der Waals surface area contributed by atoms with Crippen LogP contribution in [0.3, 0.4) is 0 Å². The number of aryl methyl sites for hydroxylation is 1. The van der Waals surface area contributed by atoms with Crippen LogP contribution in [0.15, 0.2) is 36.5 Å². The molecule has 1 aromatic carbocycles.